The summed E-state index contributed by atoms with van der Waals surface area (Å²) in [6.45, 7) is 2.79. The zero-order valence-electron chi connectivity index (χ0n) is 9.97. The van der Waals surface area contributed by atoms with Crippen LogP contribution >= 0.6 is 28.3 Å². The molecule has 4 nitrogen and oxygen atoms in total. The van der Waals surface area contributed by atoms with Crippen molar-refractivity contribution in [2.75, 3.05) is 13.1 Å². The summed E-state index contributed by atoms with van der Waals surface area (Å²) in [6, 6.07) is 5.16. The Morgan fingerprint density at radius 2 is 2.06 bits per heavy atom. The summed E-state index contributed by atoms with van der Waals surface area (Å²) in [6.07, 6.45) is 0.728. The molecule has 2 N–H and O–H groups in total. The number of sulfonamides is 1. The highest BCUT2D eigenvalue weighted by atomic mass is 79.9. The van der Waals surface area contributed by atoms with Gasteiger partial charge >= 0.3 is 0 Å². The second-order valence-corrected chi connectivity index (χ2v) is 7.23. The molecule has 1 heterocycles. The molecule has 18 heavy (non-hydrogen) atoms. The second-order valence-electron chi connectivity index (χ2n) is 4.38. The van der Waals surface area contributed by atoms with Gasteiger partial charge in [0.2, 0.25) is 10.0 Å². The Morgan fingerprint density at radius 3 is 2.56 bits per heavy atom. The van der Waals surface area contributed by atoms with Crippen molar-refractivity contribution >= 4 is 38.4 Å². The predicted molar refractivity (Wildman–Crippen MR) is 77.5 cm³/mol. The molecule has 1 aliphatic heterocycles. The molecule has 7 heteroatoms. The second kappa shape index (κ2) is 5.88. The summed E-state index contributed by atoms with van der Waals surface area (Å²) in [5, 5.41) is 0. The number of nitrogens with zero attached hydrogens (tertiary/aromatic N) is 1. The van der Waals surface area contributed by atoms with Gasteiger partial charge in [-0.05, 0) is 37.1 Å². The average Bonchev–Trinajstić information content (AvgIpc) is 2.64. The largest absolute Gasteiger partial charge is 0.326 e. The summed E-state index contributed by atoms with van der Waals surface area (Å²) in [5.41, 5.74) is 6.66. The third-order valence-electron chi connectivity index (χ3n) is 2.84. The molecule has 0 spiro atoms. The third-order valence-corrected chi connectivity index (χ3v) is 5.14. The molecule has 0 aliphatic carbocycles. The van der Waals surface area contributed by atoms with Crippen molar-refractivity contribution < 1.29 is 8.42 Å². The van der Waals surface area contributed by atoms with E-state index in [1.165, 1.54) is 4.31 Å². The standard InChI is InChI=1S/C11H15BrN2O2S.ClH/c1-8-4-9(12)6-11(5-8)17(15,16)14-3-2-10(13)7-14;/h4-6,10H,2-3,7,13H2,1H3;1H. The maximum absolute atomic E-state index is 12.3. The van der Waals surface area contributed by atoms with Crippen molar-refractivity contribution in [2.45, 2.75) is 24.3 Å². The van der Waals surface area contributed by atoms with E-state index in [1.54, 1.807) is 12.1 Å². The van der Waals surface area contributed by atoms with Crippen molar-refractivity contribution in [3.05, 3.63) is 28.2 Å². The lowest BCUT2D eigenvalue weighted by atomic mass is 10.2. The Labute approximate surface area is 122 Å². The zero-order chi connectivity index (χ0) is 12.6. The highest BCUT2D eigenvalue weighted by molar-refractivity contribution is 9.10. The molecule has 0 bridgehead atoms. The summed E-state index contributed by atoms with van der Waals surface area (Å²) in [5.74, 6) is 0. The van der Waals surface area contributed by atoms with Gasteiger partial charge in [-0.3, -0.25) is 0 Å². The third kappa shape index (κ3) is 3.24. The fourth-order valence-electron chi connectivity index (χ4n) is 1.97. The summed E-state index contributed by atoms with van der Waals surface area (Å²) in [7, 11) is -3.39. The van der Waals surface area contributed by atoms with Gasteiger partial charge in [0.1, 0.15) is 0 Å². The number of hydrogen-bond acceptors (Lipinski definition) is 3. The smallest absolute Gasteiger partial charge is 0.243 e. The minimum Gasteiger partial charge on any atom is -0.326 e. The molecular formula is C11H16BrClN2O2S. The van der Waals surface area contributed by atoms with Crippen LogP contribution in [0.1, 0.15) is 12.0 Å². The van der Waals surface area contributed by atoms with Gasteiger partial charge in [0, 0.05) is 23.6 Å². The van der Waals surface area contributed by atoms with E-state index in [0.29, 0.717) is 18.0 Å². The monoisotopic (exact) mass is 354 g/mol. The van der Waals surface area contributed by atoms with E-state index >= 15 is 0 Å². The molecular weight excluding hydrogens is 340 g/mol. The van der Waals surface area contributed by atoms with Crippen LogP contribution in [0.25, 0.3) is 0 Å². The van der Waals surface area contributed by atoms with Crippen molar-refractivity contribution in [2.24, 2.45) is 5.73 Å². The van der Waals surface area contributed by atoms with E-state index in [4.69, 9.17) is 5.73 Å². The fourth-order valence-corrected chi connectivity index (χ4v) is 4.37. The first-order chi connectivity index (χ1) is 7.89. The van der Waals surface area contributed by atoms with Crippen LogP contribution in [-0.2, 0) is 10.0 Å². The summed E-state index contributed by atoms with van der Waals surface area (Å²) in [4.78, 5) is 0.332. The Morgan fingerprint density at radius 1 is 1.39 bits per heavy atom. The van der Waals surface area contributed by atoms with Gasteiger partial charge in [0.05, 0.1) is 4.90 Å². The van der Waals surface area contributed by atoms with Crippen molar-refractivity contribution in [1.29, 1.82) is 0 Å². The predicted octanol–water partition coefficient (Wildman–Crippen LogP) is 1.90. The minimum absolute atomic E-state index is 0. The maximum Gasteiger partial charge on any atom is 0.243 e. The van der Waals surface area contributed by atoms with Crippen molar-refractivity contribution in [3.63, 3.8) is 0 Å². The Bertz CT molecular complexity index is 516. The molecule has 1 unspecified atom stereocenters. The summed E-state index contributed by atoms with van der Waals surface area (Å²) >= 11 is 3.32. The number of aryl methyl sites for hydroxylation is 1. The number of benzene rings is 1. The first-order valence-electron chi connectivity index (χ1n) is 5.42. The lowest BCUT2D eigenvalue weighted by Crippen LogP contribution is -2.32. The Balaban J connectivity index is 0.00000162. The van der Waals surface area contributed by atoms with Crippen LogP contribution in [0, 0.1) is 6.92 Å². The van der Waals surface area contributed by atoms with Gasteiger partial charge < -0.3 is 5.73 Å². The lowest BCUT2D eigenvalue weighted by Gasteiger charge is -2.16. The van der Waals surface area contributed by atoms with E-state index in [0.717, 1.165) is 16.5 Å². The SMILES string of the molecule is Cc1cc(Br)cc(S(=O)(=O)N2CCC(N)C2)c1.Cl. The first kappa shape index (κ1) is 15.9. The van der Waals surface area contributed by atoms with E-state index < -0.39 is 10.0 Å². The van der Waals surface area contributed by atoms with Crippen molar-refractivity contribution in [3.8, 4) is 0 Å². The van der Waals surface area contributed by atoms with Crippen molar-refractivity contribution in [1.82, 2.24) is 4.31 Å². The average molecular weight is 356 g/mol. The van der Waals surface area contributed by atoms with Gasteiger partial charge in [0.25, 0.3) is 0 Å². The fraction of sp³-hybridized carbons (Fsp3) is 0.455. The van der Waals surface area contributed by atoms with E-state index in [1.807, 2.05) is 13.0 Å². The minimum atomic E-state index is -3.39. The van der Waals surface area contributed by atoms with Crippen LogP contribution in [0.15, 0.2) is 27.6 Å². The number of rotatable bonds is 2. The van der Waals surface area contributed by atoms with E-state index in [2.05, 4.69) is 15.9 Å². The molecule has 1 fully saturated rings. The normalized spacial score (nSPS) is 20.7. The van der Waals surface area contributed by atoms with Crippen LogP contribution in [0.3, 0.4) is 0 Å². The van der Waals surface area contributed by atoms with Crippen LogP contribution in [0.4, 0.5) is 0 Å². The van der Waals surface area contributed by atoms with Gasteiger partial charge in [0.15, 0.2) is 0 Å². The van der Waals surface area contributed by atoms with Gasteiger partial charge in [-0.2, -0.15) is 4.31 Å². The lowest BCUT2D eigenvalue weighted by molar-refractivity contribution is 0.472. The Hall–Kier alpha value is -0.140. The molecule has 102 valence electrons. The highest BCUT2D eigenvalue weighted by Crippen LogP contribution is 2.24. The molecule has 0 amide bonds. The number of halogens is 2. The highest BCUT2D eigenvalue weighted by Gasteiger charge is 2.31. The van der Waals surface area contributed by atoms with E-state index in [-0.39, 0.29) is 18.4 Å². The number of nitrogens with two attached hydrogens (primary N) is 1. The zero-order valence-corrected chi connectivity index (χ0v) is 13.2. The quantitative estimate of drug-likeness (QED) is 0.881. The van der Waals surface area contributed by atoms with Crippen LogP contribution < -0.4 is 5.73 Å². The first-order valence-corrected chi connectivity index (χ1v) is 7.66. The maximum atomic E-state index is 12.3. The molecule has 1 aromatic rings. The van der Waals surface area contributed by atoms with Gasteiger partial charge in [-0.1, -0.05) is 15.9 Å². The van der Waals surface area contributed by atoms with Crippen LogP contribution in [0.5, 0.6) is 0 Å². The molecule has 1 saturated heterocycles. The molecule has 0 aromatic heterocycles. The molecule has 1 atom stereocenters. The van der Waals surface area contributed by atoms with Crippen LogP contribution in [0.2, 0.25) is 0 Å². The van der Waals surface area contributed by atoms with Gasteiger partial charge in [-0.25, -0.2) is 8.42 Å². The van der Waals surface area contributed by atoms with Crippen LogP contribution in [-0.4, -0.2) is 31.9 Å². The molecule has 2 rings (SSSR count). The summed E-state index contributed by atoms with van der Waals surface area (Å²) < 4.78 is 26.9. The molecule has 1 aromatic carbocycles. The van der Waals surface area contributed by atoms with Gasteiger partial charge in [-0.15, -0.1) is 12.4 Å². The molecule has 0 saturated carbocycles. The molecule has 0 radical (unpaired) electrons. The van der Waals surface area contributed by atoms with E-state index in [9.17, 15) is 8.42 Å². The number of hydrogen-bond donors (Lipinski definition) is 1. The topological polar surface area (TPSA) is 63.4 Å². The molecule has 1 aliphatic rings. The Kier molecular flexibility index (Phi) is 5.20.